The molecule has 0 radical (unpaired) electrons. The van der Waals surface area contributed by atoms with Crippen molar-refractivity contribution in [2.45, 2.75) is 6.36 Å². The number of hydrogen-bond donors (Lipinski definition) is 0. The van der Waals surface area contributed by atoms with Gasteiger partial charge < -0.3 is 4.74 Å². The van der Waals surface area contributed by atoms with Crippen LogP contribution in [0.3, 0.4) is 0 Å². The van der Waals surface area contributed by atoms with Crippen LogP contribution in [0.25, 0.3) is 0 Å². The summed E-state index contributed by atoms with van der Waals surface area (Å²) in [6.07, 6.45) is -5.40. The fourth-order valence-corrected chi connectivity index (χ4v) is 1.13. The van der Waals surface area contributed by atoms with E-state index in [-0.39, 0.29) is 6.07 Å². The summed E-state index contributed by atoms with van der Waals surface area (Å²) in [4.78, 5) is 10.5. The molecule has 1 aromatic rings. The number of halogens is 7. The number of rotatable bonds is 2. The highest BCUT2D eigenvalue weighted by atomic mass is 35.5. The first-order valence-corrected chi connectivity index (χ1v) is 4.14. The number of carbonyl (C=O) groups excluding carboxylic acids is 1. The van der Waals surface area contributed by atoms with Crippen LogP contribution in [0.2, 0.25) is 0 Å². The van der Waals surface area contributed by atoms with E-state index >= 15 is 0 Å². The van der Waals surface area contributed by atoms with Crippen molar-refractivity contribution in [1.29, 1.82) is 0 Å². The zero-order chi connectivity index (χ0) is 13.4. The lowest BCUT2D eigenvalue weighted by molar-refractivity contribution is -0.276. The third kappa shape index (κ3) is 3.02. The summed E-state index contributed by atoms with van der Waals surface area (Å²) in [5.74, 6) is -7.77. The highest BCUT2D eigenvalue weighted by molar-refractivity contribution is 6.67. The van der Waals surface area contributed by atoms with Crippen molar-refractivity contribution >= 4 is 16.8 Å². The number of ether oxygens (including phenoxy) is 1. The van der Waals surface area contributed by atoms with Gasteiger partial charge in [-0.25, -0.2) is 13.2 Å². The van der Waals surface area contributed by atoms with Crippen molar-refractivity contribution in [3.05, 3.63) is 29.1 Å². The monoisotopic (exact) mass is 278 g/mol. The van der Waals surface area contributed by atoms with Crippen LogP contribution in [-0.4, -0.2) is 11.6 Å². The highest BCUT2D eigenvalue weighted by Crippen LogP contribution is 2.32. The van der Waals surface area contributed by atoms with Crippen LogP contribution < -0.4 is 4.74 Å². The topological polar surface area (TPSA) is 26.3 Å². The van der Waals surface area contributed by atoms with Gasteiger partial charge in [0.15, 0.2) is 11.6 Å². The molecule has 0 heterocycles. The highest BCUT2D eigenvalue weighted by Gasteiger charge is 2.36. The zero-order valence-electron chi connectivity index (χ0n) is 7.54. The standard InChI is InChI=1S/C8HClF6O2/c9-7(16)4-2(10)1-3(11)6(5(4)12)17-8(13,14)15/h1H. The Morgan fingerprint density at radius 1 is 1.18 bits per heavy atom. The average molecular weight is 279 g/mol. The molecule has 0 atom stereocenters. The molecule has 0 aliphatic heterocycles. The van der Waals surface area contributed by atoms with Gasteiger partial charge in [-0.05, 0) is 11.6 Å². The van der Waals surface area contributed by atoms with Crippen molar-refractivity contribution in [2.75, 3.05) is 0 Å². The van der Waals surface area contributed by atoms with Crippen molar-refractivity contribution in [3.8, 4) is 5.75 Å². The van der Waals surface area contributed by atoms with E-state index in [4.69, 9.17) is 11.6 Å². The molecule has 1 rings (SSSR count). The normalized spacial score (nSPS) is 11.5. The Morgan fingerprint density at radius 2 is 1.71 bits per heavy atom. The van der Waals surface area contributed by atoms with Gasteiger partial charge in [-0.1, -0.05) is 0 Å². The summed E-state index contributed by atoms with van der Waals surface area (Å²) in [7, 11) is 0. The van der Waals surface area contributed by atoms with Crippen LogP contribution in [-0.2, 0) is 0 Å². The van der Waals surface area contributed by atoms with E-state index in [0.717, 1.165) is 0 Å². The molecular formula is C8HClF6O2. The minimum Gasteiger partial charge on any atom is -0.399 e. The molecule has 0 bridgehead atoms. The molecule has 0 unspecified atom stereocenters. The Morgan fingerprint density at radius 3 is 2.12 bits per heavy atom. The molecule has 0 aliphatic rings. The van der Waals surface area contributed by atoms with E-state index in [0.29, 0.717) is 0 Å². The summed E-state index contributed by atoms with van der Waals surface area (Å²) >= 11 is 4.73. The number of hydrogen-bond acceptors (Lipinski definition) is 2. The maximum atomic E-state index is 13.2. The predicted molar refractivity (Wildman–Crippen MR) is 43.2 cm³/mol. The lowest BCUT2D eigenvalue weighted by atomic mass is 10.2. The molecule has 94 valence electrons. The van der Waals surface area contributed by atoms with Gasteiger partial charge in [-0.2, -0.15) is 0 Å². The van der Waals surface area contributed by atoms with Gasteiger partial charge in [0.1, 0.15) is 11.4 Å². The second-order valence-electron chi connectivity index (χ2n) is 2.68. The van der Waals surface area contributed by atoms with Gasteiger partial charge in [-0.15, -0.1) is 13.2 Å². The zero-order valence-corrected chi connectivity index (χ0v) is 8.30. The van der Waals surface area contributed by atoms with Gasteiger partial charge in [0.2, 0.25) is 5.75 Å². The second-order valence-corrected chi connectivity index (χ2v) is 3.02. The Kier molecular flexibility index (Phi) is 3.56. The molecule has 0 saturated heterocycles. The summed E-state index contributed by atoms with van der Waals surface area (Å²) in [6, 6.07) is -0.139. The predicted octanol–water partition coefficient (Wildman–Crippen LogP) is 3.38. The maximum Gasteiger partial charge on any atom is 0.573 e. The Balaban J connectivity index is 3.41. The van der Waals surface area contributed by atoms with Gasteiger partial charge in [-0.3, -0.25) is 4.79 Å². The SMILES string of the molecule is O=C(Cl)c1c(F)cc(F)c(OC(F)(F)F)c1F. The molecule has 2 nitrogen and oxygen atoms in total. The Hall–Kier alpha value is -1.44. The fourth-order valence-electron chi connectivity index (χ4n) is 0.962. The van der Waals surface area contributed by atoms with E-state index in [1.54, 1.807) is 0 Å². The second kappa shape index (κ2) is 4.44. The summed E-state index contributed by atoms with van der Waals surface area (Å²) < 4.78 is 77.1. The van der Waals surface area contributed by atoms with Gasteiger partial charge in [0.05, 0.1) is 0 Å². The van der Waals surface area contributed by atoms with Crippen LogP contribution in [0.4, 0.5) is 26.3 Å². The first-order chi connectivity index (χ1) is 7.63. The van der Waals surface area contributed by atoms with Crippen LogP contribution in [0, 0.1) is 17.5 Å². The number of carbonyl (C=O) groups is 1. The van der Waals surface area contributed by atoms with Crippen LogP contribution >= 0.6 is 11.6 Å². The first-order valence-electron chi connectivity index (χ1n) is 3.76. The lowest BCUT2D eigenvalue weighted by Gasteiger charge is -2.12. The molecule has 0 aliphatic carbocycles. The smallest absolute Gasteiger partial charge is 0.399 e. The number of benzene rings is 1. The minimum absolute atomic E-state index is 0.139. The third-order valence-electron chi connectivity index (χ3n) is 1.54. The van der Waals surface area contributed by atoms with Crippen LogP contribution in [0.5, 0.6) is 5.75 Å². The molecule has 0 spiro atoms. The quantitative estimate of drug-likeness (QED) is 0.612. The van der Waals surface area contributed by atoms with E-state index in [9.17, 15) is 31.1 Å². The Bertz CT molecular complexity index is 470. The molecule has 0 saturated carbocycles. The molecule has 0 fully saturated rings. The summed E-state index contributed by atoms with van der Waals surface area (Å²) in [5, 5.41) is -1.72. The Labute approximate surface area is 94.7 Å². The molecule has 0 N–H and O–H groups in total. The summed E-state index contributed by atoms with van der Waals surface area (Å²) in [6.45, 7) is 0. The third-order valence-corrected chi connectivity index (χ3v) is 1.73. The van der Waals surface area contributed by atoms with Crippen molar-refractivity contribution < 1.29 is 35.9 Å². The van der Waals surface area contributed by atoms with Gasteiger partial charge in [0, 0.05) is 6.07 Å². The maximum absolute atomic E-state index is 13.2. The van der Waals surface area contributed by atoms with Gasteiger partial charge in [0.25, 0.3) is 5.24 Å². The molecule has 17 heavy (non-hydrogen) atoms. The van der Waals surface area contributed by atoms with Gasteiger partial charge >= 0.3 is 6.36 Å². The van der Waals surface area contributed by atoms with Crippen molar-refractivity contribution in [3.63, 3.8) is 0 Å². The van der Waals surface area contributed by atoms with E-state index in [1.807, 2.05) is 0 Å². The lowest BCUT2D eigenvalue weighted by Crippen LogP contribution is -2.20. The molecule has 1 aromatic carbocycles. The van der Waals surface area contributed by atoms with E-state index in [2.05, 4.69) is 4.74 Å². The summed E-state index contributed by atoms with van der Waals surface area (Å²) in [5.41, 5.74) is -1.52. The molecule has 0 aromatic heterocycles. The molecular weight excluding hydrogens is 278 g/mol. The average Bonchev–Trinajstić information content (AvgIpc) is 2.09. The number of alkyl halides is 3. The van der Waals surface area contributed by atoms with E-state index < -0.39 is 40.4 Å². The van der Waals surface area contributed by atoms with Crippen LogP contribution in [0.15, 0.2) is 6.07 Å². The molecule has 0 amide bonds. The fraction of sp³-hybridized carbons (Fsp3) is 0.125. The largest absolute Gasteiger partial charge is 0.573 e. The van der Waals surface area contributed by atoms with E-state index in [1.165, 1.54) is 0 Å². The molecule has 9 heteroatoms. The van der Waals surface area contributed by atoms with Crippen molar-refractivity contribution in [2.24, 2.45) is 0 Å². The first kappa shape index (κ1) is 13.6. The minimum atomic E-state index is -5.40. The van der Waals surface area contributed by atoms with Crippen LogP contribution in [0.1, 0.15) is 10.4 Å². The van der Waals surface area contributed by atoms with Crippen molar-refractivity contribution in [1.82, 2.24) is 0 Å².